The molecule has 3 aromatic carbocycles. The lowest BCUT2D eigenvalue weighted by Crippen LogP contribution is -2.42. The van der Waals surface area contributed by atoms with Crippen molar-refractivity contribution in [1.29, 1.82) is 0 Å². The topological polar surface area (TPSA) is 180 Å². The number of carbonyl (C=O) groups is 4. The zero-order chi connectivity index (χ0) is 31.4. The number of anilines is 2. The molecule has 0 aromatic heterocycles. The zero-order valence-electron chi connectivity index (χ0n) is 23.8. The van der Waals surface area contributed by atoms with Crippen LogP contribution < -0.4 is 20.7 Å². The Kier molecular flexibility index (Phi) is 11.6. The first-order valence-corrected chi connectivity index (χ1v) is 13.4. The summed E-state index contributed by atoms with van der Waals surface area (Å²) in [5.41, 5.74) is 3.22. The molecule has 0 heterocycles. The van der Waals surface area contributed by atoms with Crippen LogP contribution in [0.2, 0.25) is 0 Å². The van der Waals surface area contributed by atoms with Crippen LogP contribution in [0.4, 0.5) is 21.9 Å². The molecule has 0 spiro atoms. The van der Waals surface area contributed by atoms with E-state index in [9.17, 15) is 29.3 Å². The molecular weight excluding hydrogens is 558 g/mol. The summed E-state index contributed by atoms with van der Waals surface area (Å²) in [6, 6.07) is 17.6. The van der Waals surface area contributed by atoms with Crippen molar-refractivity contribution in [2.45, 2.75) is 26.2 Å². The maximum atomic E-state index is 12.8. The fourth-order valence-corrected chi connectivity index (χ4v) is 4.11. The fourth-order valence-electron chi connectivity index (χ4n) is 4.11. The molecule has 0 atom stereocenters. The smallest absolute Gasteiger partial charge is 0.323 e. The number of benzene rings is 3. The van der Waals surface area contributed by atoms with Gasteiger partial charge in [-0.15, -0.1) is 0 Å². The van der Waals surface area contributed by atoms with Crippen LogP contribution in [0.15, 0.2) is 66.7 Å². The van der Waals surface area contributed by atoms with Crippen LogP contribution in [-0.2, 0) is 27.2 Å². The molecule has 0 saturated heterocycles. The van der Waals surface area contributed by atoms with Gasteiger partial charge in [-0.2, -0.15) is 0 Å². The van der Waals surface area contributed by atoms with Crippen molar-refractivity contribution in [3.05, 3.63) is 93.5 Å². The Morgan fingerprint density at radius 2 is 1.60 bits per heavy atom. The summed E-state index contributed by atoms with van der Waals surface area (Å²) in [6.07, 6.45) is 0.000803. The van der Waals surface area contributed by atoms with Crippen molar-refractivity contribution in [1.82, 2.24) is 10.2 Å². The molecule has 3 rings (SSSR count). The van der Waals surface area contributed by atoms with Crippen LogP contribution >= 0.6 is 0 Å². The van der Waals surface area contributed by atoms with E-state index in [2.05, 4.69) is 16.0 Å². The van der Waals surface area contributed by atoms with Gasteiger partial charge in [0.2, 0.25) is 11.8 Å². The van der Waals surface area contributed by atoms with Crippen molar-refractivity contribution in [3.63, 3.8) is 0 Å². The van der Waals surface area contributed by atoms with E-state index in [1.807, 2.05) is 25.1 Å². The highest BCUT2D eigenvalue weighted by molar-refractivity contribution is 6.01. The molecule has 4 amide bonds. The number of urea groups is 1. The highest BCUT2D eigenvalue weighted by Gasteiger charge is 2.17. The summed E-state index contributed by atoms with van der Waals surface area (Å²) in [7, 11) is 1.44. The standard InChI is InChI=1S/C30H33N5O8/c1-20-5-3-4-6-24(20)32-30(40)33-25-12-9-22(17-26(25)43-2)18-27(36)31-19-28(37)34(16-14-29(38)39)15-13-21-7-10-23(11-8-21)35(41)42/h3-12,17H,13-16,18-19H2,1-2H3,(H,31,36)(H,38,39)(H2,32,33,40). The van der Waals surface area contributed by atoms with Gasteiger partial charge in [0.15, 0.2) is 0 Å². The summed E-state index contributed by atoms with van der Waals surface area (Å²) in [5, 5.41) is 28.0. The average Bonchev–Trinajstić information content (AvgIpc) is 2.98. The molecule has 0 bridgehead atoms. The Hall–Kier alpha value is -5.46. The van der Waals surface area contributed by atoms with Crippen molar-refractivity contribution >= 4 is 40.9 Å². The Balaban J connectivity index is 1.55. The third-order valence-electron chi connectivity index (χ3n) is 6.47. The fraction of sp³-hybridized carbons (Fsp3) is 0.267. The highest BCUT2D eigenvalue weighted by atomic mass is 16.6. The molecule has 0 aliphatic heterocycles. The lowest BCUT2D eigenvalue weighted by molar-refractivity contribution is -0.384. The van der Waals surface area contributed by atoms with Crippen molar-refractivity contribution < 1.29 is 33.9 Å². The Morgan fingerprint density at radius 3 is 2.26 bits per heavy atom. The highest BCUT2D eigenvalue weighted by Crippen LogP contribution is 2.26. The minimum absolute atomic E-state index is 0.0555. The number of amides is 4. The summed E-state index contributed by atoms with van der Waals surface area (Å²) < 4.78 is 5.38. The van der Waals surface area contributed by atoms with E-state index in [0.29, 0.717) is 29.1 Å². The second kappa shape index (κ2) is 15.5. The number of hydrogen-bond acceptors (Lipinski definition) is 7. The predicted octanol–water partition coefficient (Wildman–Crippen LogP) is 3.76. The van der Waals surface area contributed by atoms with Crippen LogP contribution in [0.3, 0.4) is 0 Å². The molecule has 0 radical (unpaired) electrons. The van der Waals surface area contributed by atoms with E-state index in [-0.39, 0.29) is 38.2 Å². The minimum Gasteiger partial charge on any atom is -0.495 e. The number of nitrogens with one attached hydrogen (secondary N) is 3. The first kappa shape index (κ1) is 32.1. The third kappa shape index (κ3) is 10.1. The Bertz CT molecular complexity index is 1480. The number of rotatable bonds is 14. The van der Waals surface area contributed by atoms with Crippen LogP contribution in [0.5, 0.6) is 5.75 Å². The van der Waals surface area contributed by atoms with Crippen LogP contribution in [0, 0.1) is 17.0 Å². The van der Waals surface area contributed by atoms with Gasteiger partial charge < -0.3 is 30.7 Å². The van der Waals surface area contributed by atoms with Crippen LogP contribution in [0.25, 0.3) is 0 Å². The number of aryl methyl sites for hydroxylation is 1. The number of carbonyl (C=O) groups excluding carboxylic acids is 3. The SMILES string of the molecule is COc1cc(CC(=O)NCC(=O)N(CCC(=O)O)CCc2ccc([N+](=O)[O-])cc2)ccc1NC(=O)Nc1ccccc1C. The van der Waals surface area contributed by atoms with Gasteiger partial charge in [0, 0.05) is 30.9 Å². The van der Waals surface area contributed by atoms with Crippen LogP contribution in [0.1, 0.15) is 23.1 Å². The number of nitro groups is 1. The Labute approximate surface area is 248 Å². The molecule has 226 valence electrons. The first-order chi connectivity index (χ1) is 20.5. The number of nitro benzene ring substituents is 1. The van der Waals surface area contributed by atoms with Crippen molar-refractivity contribution in [3.8, 4) is 5.75 Å². The summed E-state index contributed by atoms with van der Waals surface area (Å²) in [6.45, 7) is 1.65. The number of methoxy groups -OCH3 is 1. The number of para-hydroxylation sites is 1. The van der Waals surface area contributed by atoms with E-state index in [4.69, 9.17) is 9.84 Å². The number of carboxylic acid groups (broad SMARTS) is 1. The number of non-ortho nitro benzene ring substituents is 1. The van der Waals surface area contributed by atoms with Gasteiger partial charge in [-0.3, -0.25) is 24.5 Å². The maximum Gasteiger partial charge on any atom is 0.323 e. The lowest BCUT2D eigenvalue weighted by Gasteiger charge is -2.22. The molecule has 0 aliphatic rings. The number of ether oxygens (including phenoxy) is 1. The number of nitrogens with zero attached hydrogens (tertiary/aromatic N) is 2. The van der Waals surface area contributed by atoms with Gasteiger partial charge in [-0.25, -0.2) is 4.79 Å². The zero-order valence-corrected chi connectivity index (χ0v) is 23.8. The number of carboxylic acids is 1. The molecule has 0 unspecified atom stereocenters. The second-order valence-corrected chi connectivity index (χ2v) is 9.58. The van der Waals surface area contributed by atoms with Gasteiger partial charge in [0.25, 0.3) is 5.69 Å². The van der Waals surface area contributed by atoms with Gasteiger partial charge in [-0.05, 0) is 48.2 Å². The monoisotopic (exact) mass is 591 g/mol. The molecule has 4 N–H and O–H groups in total. The lowest BCUT2D eigenvalue weighted by atomic mass is 10.1. The average molecular weight is 592 g/mol. The second-order valence-electron chi connectivity index (χ2n) is 9.58. The molecule has 0 aliphatic carbocycles. The van der Waals surface area contributed by atoms with E-state index < -0.39 is 28.7 Å². The van der Waals surface area contributed by atoms with Gasteiger partial charge in [0.05, 0.1) is 37.1 Å². The quantitative estimate of drug-likeness (QED) is 0.162. The minimum atomic E-state index is -1.07. The summed E-state index contributed by atoms with van der Waals surface area (Å²) in [5.74, 6) is -1.64. The van der Waals surface area contributed by atoms with Gasteiger partial charge in [0.1, 0.15) is 5.75 Å². The van der Waals surface area contributed by atoms with E-state index in [1.165, 1.54) is 24.1 Å². The molecule has 13 nitrogen and oxygen atoms in total. The van der Waals surface area contributed by atoms with Gasteiger partial charge in [-0.1, -0.05) is 36.4 Å². The maximum absolute atomic E-state index is 12.8. The Morgan fingerprint density at radius 1 is 0.930 bits per heavy atom. The molecule has 13 heteroatoms. The van der Waals surface area contributed by atoms with Crippen LogP contribution in [-0.4, -0.2) is 65.5 Å². The number of aliphatic carboxylic acids is 1. The normalized spacial score (nSPS) is 10.4. The summed E-state index contributed by atoms with van der Waals surface area (Å²) >= 11 is 0. The van der Waals surface area contributed by atoms with Gasteiger partial charge >= 0.3 is 12.0 Å². The van der Waals surface area contributed by atoms with E-state index >= 15 is 0 Å². The predicted molar refractivity (Wildman–Crippen MR) is 159 cm³/mol. The summed E-state index contributed by atoms with van der Waals surface area (Å²) in [4.78, 5) is 60.7. The van der Waals surface area contributed by atoms with Crippen molar-refractivity contribution in [2.75, 3.05) is 37.4 Å². The first-order valence-electron chi connectivity index (χ1n) is 13.4. The molecule has 0 fully saturated rings. The third-order valence-corrected chi connectivity index (χ3v) is 6.47. The molecular formula is C30H33N5O8. The van der Waals surface area contributed by atoms with E-state index in [0.717, 1.165) is 11.1 Å². The molecule has 3 aromatic rings. The number of hydrogen-bond donors (Lipinski definition) is 4. The largest absolute Gasteiger partial charge is 0.495 e. The molecule has 43 heavy (non-hydrogen) atoms. The molecule has 0 saturated carbocycles. The van der Waals surface area contributed by atoms with E-state index in [1.54, 1.807) is 36.4 Å². The van der Waals surface area contributed by atoms with Crippen molar-refractivity contribution in [2.24, 2.45) is 0 Å².